The Morgan fingerprint density at radius 1 is 1.06 bits per heavy atom. The van der Waals surface area contributed by atoms with E-state index < -0.39 is 23.7 Å². The van der Waals surface area contributed by atoms with Gasteiger partial charge in [-0.2, -0.15) is 0 Å². The van der Waals surface area contributed by atoms with Crippen molar-refractivity contribution in [1.82, 2.24) is 4.98 Å². The highest BCUT2D eigenvalue weighted by Crippen LogP contribution is 2.41. The minimum absolute atomic E-state index is 0.0164. The van der Waals surface area contributed by atoms with E-state index in [1.807, 2.05) is 32.1 Å². The molecule has 7 nitrogen and oxygen atoms in total. The molecule has 4 atom stereocenters. The average molecular weight is 718 g/mol. The number of allylic oxidation sites excluding steroid dienone is 2. The van der Waals surface area contributed by atoms with Gasteiger partial charge in [0.2, 0.25) is 17.6 Å². The molecule has 1 aliphatic heterocycles. The molecule has 0 bridgehead atoms. The van der Waals surface area contributed by atoms with E-state index in [9.17, 15) is 23.6 Å². The number of benzene rings is 3. The molecule has 2 aliphatic rings. The number of esters is 1. The fourth-order valence-electron chi connectivity index (χ4n) is 6.47. The van der Waals surface area contributed by atoms with Gasteiger partial charge >= 0.3 is 5.97 Å². The fraction of sp³-hybridized carbons (Fsp3) is 0.270. The number of ketones is 1. The van der Waals surface area contributed by atoms with E-state index in [0.717, 1.165) is 10.0 Å². The van der Waals surface area contributed by atoms with Crippen molar-refractivity contribution in [2.45, 2.75) is 39.2 Å². The van der Waals surface area contributed by atoms with Gasteiger partial charge in [0.05, 0.1) is 34.3 Å². The molecule has 3 aromatic carbocycles. The maximum atomic E-state index is 13.9. The number of fused-ring (bicyclic) bond motifs is 2. The number of halogens is 3. The van der Waals surface area contributed by atoms with Crippen molar-refractivity contribution in [1.29, 1.82) is 0 Å². The molecule has 1 aliphatic carbocycles. The normalized spacial score (nSPS) is 19.6. The number of imide groups is 1. The molecule has 2 heterocycles. The lowest BCUT2D eigenvalue weighted by Gasteiger charge is -2.22. The molecule has 4 unspecified atom stereocenters. The first kappa shape index (κ1) is 32.7. The molecular weight excluding hydrogens is 687 g/mol. The third-order valence-electron chi connectivity index (χ3n) is 8.89. The summed E-state index contributed by atoms with van der Waals surface area (Å²) in [6.07, 6.45) is 4.02. The highest BCUT2D eigenvalue weighted by Gasteiger charge is 2.50. The Morgan fingerprint density at radius 2 is 1.79 bits per heavy atom. The second kappa shape index (κ2) is 13.5. The van der Waals surface area contributed by atoms with Crippen molar-refractivity contribution in [3.05, 3.63) is 106 Å². The van der Waals surface area contributed by atoms with E-state index in [1.165, 1.54) is 29.2 Å². The van der Waals surface area contributed by atoms with Crippen LogP contribution in [0.1, 0.15) is 53.0 Å². The first-order valence-electron chi connectivity index (χ1n) is 15.5. The summed E-state index contributed by atoms with van der Waals surface area (Å²) in [5.74, 6) is -2.79. The van der Waals surface area contributed by atoms with Crippen molar-refractivity contribution < 1.29 is 28.3 Å². The monoisotopic (exact) mass is 716 g/mol. The number of pyridine rings is 1. The zero-order chi connectivity index (χ0) is 33.4. The molecule has 0 spiro atoms. The van der Waals surface area contributed by atoms with Crippen LogP contribution in [0.2, 0.25) is 0 Å². The summed E-state index contributed by atoms with van der Waals surface area (Å²) in [5.41, 5.74) is 3.49. The molecule has 4 aromatic rings. The van der Waals surface area contributed by atoms with Gasteiger partial charge in [-0.05, 0) is 78.9 Å². The Balaban J connectivity index is 1.36. The molecule has 0 radical (unpaired) electrons. The lowest BCUT2D eigenvalue weighted by molar-refractivity contribution is -0.122. The molecule has 1 saturated heterocycles. The highest BCUT2D eigenvalue weighted by atomic mass is 79.9. The van der Waals surface area contributed by atoms with Crippen LogP contribution in [0.4, 0.5) is 10.1 Å². The molecule has 0 N–H and O–H groups in total. The summed E-state index contributed by atoms with van der Waals surface area (Å²) in [6, 6.07) is 17.3. The number of carbonyl (C=O) groups excluding carboxylic acids is 4. The SMILES string of the molecule is CCc1cc(Br)cc2c(C(=O)OC(CCCl)C(=O)c3ccc(F)cc3)cc(-c3ccc(N4C(=O)C5CC=CC(C)C5C4=O)cc3)nc12. The van der Waals surface area contributed by atoms with Gasteiger partial charge in [0.15, 0.2) is 6.10 Å². The van der Waals surface area contributed by atoms with E-state index in [2.05, 4.69) is 15.9 Å². The summed E-state index contributed by atoms with van der Waals surface area (Å²) < 4.78 is 20.1. The number of aromatic nitrogens is 1. The summed E-state index contributed by atoms with van der Waals surface area (Å²) in [6.45, 7) is 3.94. The average Bonchev–Trinajstić information content (AvgIpc) is 3.33. The quantitative estimate of drug-likeness (QED) is 0.0571. The number of nitrogens with zero attached hydrogens (tertiary/aromatic N) is 2. The maximum absolute atomic E-state index is 13.9. The second-order valence-corrected chi connectivity index (χ2v) is 13.1. The van der Waals surface area contributed by atoms with Crippen LogP contribution in [0.15, 0.2) is 83.4 Å². The number of hydrogen-bond acceptors (Lipinski definition) is 6. The lowest BCUT2D eigenvalue weighted by atomic mass is 9.78. The van der Waals surface area contributed by atoms with Crippen LogP contribution in [0, 0.1) is 23.6 Å². The van der Waals surface area contributed by atoms with Gasteiger partial charge in [-0.25, -0.2) is 14.2 Å². The highest BCUT2D eigenvalue weighted by molar-refractivity contribution is 9.10. The molecule has 0 saturated carbocycles. The van der Waals surface area contributed by atoms with Crippen molar-refractivity contribution >= 4 is 67.7 Å². The van der Waals surface area contributed by atoms with Gasteiger partial charge in [0.25, 0.3) is 0 Å². The molecule has 240 valence electrons. The molecule has 6 rings (SSSR count). The Morgan fingerprint density at radius 3 is 2.45 bits per heavy atom. The largest absolute Gasteiger partial charge is 0.450 e. The Bertz CT molecular complexity index is 1930. The van der Waals surface area contributed by atoms with Crippen molar-refractivity contribution in [2.75, 3.05) is 10.8 Å². The maximum Gasteiger partial charge on any atom is 0.339 e. The fourth-order valence-corrected chi connectivity index (χ4v) is 7.17. The predicted molar refractivity (Wildman–Crippen MR) is 182 cm³/mol. The number of aryl methyl sites for hydroxylation is 1. The van der Waals surface area contributed by atoms with Crippen LogP contribution in [0.25, 0.3) is 22.2 Å². The zero-order valence-electron chi connectivity index (χ0n) is 25.7. The van der Waals surface area contributed by atoms with E-state index in [1.54, 1.807) is 36.4 Å². The molecule has 10 heteroatoms. The molecule has 47 heavy (non-hydrogen) atoms. The molecule has 2 amide bonds. The van der Waals surface area contributed by atoms with Crippen molar-refractivity contribution in [3.63, 3.8) is 0 Å². The van der Waals surface area contributed by atoms with E-state index in [-0.39, 0.29) is 53.0 Å². The van der Waals surface area contributed by atoms with Gasteiger partial charge in [-0.15, -0.1) is 11.6 Å². The van der Waals surface area contributed by atoms with Crippen LogP contribution in [-0.2, 0) is 20.7 Å². The molecule has 1 fully saturated rings. The van der Waals surface area contributed by atoms with E-state index in [4.69, 9.17) is 21.3 Å². The number of Topliss-reactive ketones (excluding diaryl/α,β-unsaturated/α-hetero) is 1. The van der Waals surface area contributed by atoms with Crippen LogP contribution < -0.4 is 4.90 Å². The lowest BCUT2D eigenvalue weighted by Crippen LogP contribution is -2.31. The second-order valence-electron chi connectivity index (χ2n) is 11.8. The summed E-state index contributed by atoms with van der Waals surface area (Å²) in [5, 5.41) is 0.541. The van der Waals surface area contributed by atoms with Gasteiger partial charge in [-0.1, -0.05) is 54.1 Å². The smallest absolute Gasteiger partial charge is 0.339 e. The van der Waals surface area contributed by atoms with Gasteiger partial charge in [0.1, 0.15) is 5.82 Å². The van der Waals surface area contributed by atoms with Gasteiger partial charge in [0, 0.05) is 33.3 Å². The number of anilines is 1. The summed E-state index contributed by atoms with van der Waals surface area (Å²) >= 11 is 9.53. The number of rotatable bonds is 9. The minimum Gasteiger partial charge on any atom is -0.450 e. The number of carbonyl (C=O) groups is 4. The minimum atomic E-state index is -1.19. The first-order valence-corrected chi connectivity index (χ1v) is 16.8. The molecular formula is C37H31BrClFN2O5. The third-order valence-corrected chi connectivity index (χ3v) is 9.57. The number of alkyl halides is 1. The van der Waals surface area contributed by atoms with Crippen LogP contribution >= 0.6 is 27.5 Å². The third kappa shape index (κ3) is 6.26. The Kier molecular flexibility index (Phi) is 9.39. The Labute approximate surface area is 284 Å². The number of ether oxygens (including phenoxy) is 1. The summed E-state index contributed by atoms with van der Waals surface area (Å²) in [4.78, 5) is 59.9. The van der Waals surface area contributed by atoms with E-state index in [0.29, 0.717) is 40.7 Å². The van der Waals surface area contributed by atoms with Crippen LogP contribution in [0.5, 0.6) is 0 Å². The predicted octanol–water partition coefficient (Wildman–Crippen LogP) is 8.10. The van der Waals surface area contributed by atoms with E-state index >= 15 is 0 Å². The first-order chi connectivity index (χ1) is 22.6. The molecule has 1 aromatic heterocycles. The van der Waals surface area contributed by atoms with Gasteiger partial charge in [-0.3, -0.25) is 19.3 Å². The standard InChI is InChI=1S/C37H31BrClFN2O5/c1-3-21-17-24(38)18-28-29(37(46)47-31(15-16-39)34(43)23-7-11-25(40)12-8-23)19-30(41-33(21)28)22-9-13-26(14-10-22)42-35(44)27-6-4-5-20(2)32(27)36(42)45/h4-5,7-14,17-20,27,31-32H,3,6,15-16H2,1-2H3. The van der Waals surface area contributed by atoms with Gasteiger partial charge < -0.3 is 4.74 Å². The van der Waals surface area contributed by atoms with Crippen LogP contribution in [0.3, 0.4) is 0 Å². The van der Waals surface area contributed by atoms with Crippen LogP contribution in [-0.4, -0.2) is 40.5 Å². The topological polar surface area (TPSA) is 93.6 Å². The van der Waals surface area contributed by atoms with Crippen molar-refractivity contribution in [3.8, 4) is 11.3 Å². The number of amides is 2. The summed E-state index contributed by atoms with van der Waals surface area (Å²) in [7, 11) is 0. The zero-order valence-corrected chi connectivity index (χ0v) is 28.1. The van der Waals surface area contributed by atoms with Crippen molar-refractivity contribution in [2.24, 2.45) is 17.8 Å². The Hall–Kier alpha value is -4.21. The number of hydrogen-bond donors (Lipinski definition) is 0.